The van der Waals surface area contributed by atoms with Gasteiger partial charge in [-0.25, -0.2) is 0 Å². The van der Waals surface area contributed by atoms with E-state index in [2.05, 4.69) is 37.9 Å². The third-order valence-corrected chi connectivity index (χ3v) is 3.31. The lowest BCUT2D eigenvalue weighted by Crippen LogP contribution is -2.29. The monoisotopic (exact) mass is 214 g/mol. The molecule has 0 aliphatic heterocycles. The molecule has 0 aliphatic carbocycles. The molecule has 2 heteroatoms. The highest BCUT2D eigenvalue weighted by Crippen LogP contribution is 2.04. The molecule has 0 atom stereocenters. The maximum absolute atomic E-state index is 3.56. The smallest absolute Gasteiger partial charge is 0.000687 e. The predicted molar refractivity (Wildman–Crippen MR) is 69.3 cm³/mol. The third-order valence-electron chi connectivity index (χ3n) is 3.31. The van der Waals surface area contributed by atoms with Gasteiger partial charge in [0.05, 0.1) is 0 Å². The van der Waals surface area contributed by atoms with Crippen molar-refractivity contribution < 1.29 is 0 Å². The first-order chi connectivity index (χ1) is 7.28. The topological polar surface area (TPSA) is 15.3 Å². The van der Waals surface area contributed by atoms with E-state index in [0.29, 0.717) is 0 Å². The van der Waals surface area contributed by atoms with E-state index in [-0.39, 0.29) is 0 Å². The summed E-state index contributed by atoms with van der Waals surface area (Å²) < 4.78 is 0. The average Bonchev–Trinajstić information content (AvgIpc) is 2.29. The highest BCUT2D eigenvalue weighted by molar-refractivity contribution is 4.60. The molecule has 15 heavy (non-hydrogen) atoms. The van der Waals surface area contributed by atoms with Crippen LogP contribution in [0, 0.1) is 5.92 Å². The van der Waals surface area contributed by atoms with E-state index >= 15 is 0 Å². The Kier molecular flexibility index (Phi) is 10.4. The first-order valence-electron chi connectivity index (χ1n) is 6.71. The first-order valence-corrected chi connectivity index (χ1v) is 6.71. The lowest BCUT2D eigenvalue weighted by molar-refractivity contribution is 0.296. The van der Waals surface area contributed by atoms with Gasteiger partial charge in [-0.2, -0.15) is 0 Å². The molecule has 0 unspecified atom stereocenters. The number of hydrogen-bond donors (Lipinski definition) is 1. The fourth-order valence-electron chi connectivity index (χ4n) is 1.85. The number of rotatable bonds is 10. The van der Waals surface area contributed by atoms with Gasteiger partial charge in [-0.15, -0.1) is 0 Å². The average molecular weight is 214 g/mol. The van der Waals surface area contributed by atoms with Crippen molar-refractivity contribution >= 4 is 0 Å². The lowest BCUT2D eigenvalue weighted by atomic mass is 10.0. The van der Waals surface area contributed by atoms with Crippen molar-refractivity contribution in [1.82, 2.24) is 10.2 Å². The fourth-order valence-corrected chi connectivity index (χ4v) is 1.85. The highest BCUT2D eigenvalue weighted by atomic mass is 15.1. The van der Waals surface area contributed by atoms with Crippen LogP contribution < -0.4 is 5.32 Å². The van der Waals surface area contributed by atoms with Crippen molar-refractivity contribution in [2.24, 2.45) is 5.92 Å². The summed E-state index contributed by atoms with van der Waals surface area (Å²) in [7, 11) is 0. The van der Waals surface area contributed by atoms with Crippen LogP contribution in [0.4, 0.5) is 0 Å². The van der Waals surface area contributed by atoms with Gasteiger partial charge in [0.25, 0.3) is 0 Å². The molecule has 0 amide bonds. The van der Waals surface area contributed by atoms with Crippen molar-refractivity contribution in [3.8, 4) is 0 Å². The molecule has 0 fully saturated rings. The zero-order valence-electron chi connectivity index (χ0n) is 11.2. The molecule has 0 bridgehead atoms. The third kappa shape index (κ3) is 7.80. The molecule has 0 spiro atoms. The van der Waals surface area contributed by atoms with Gasteiger partial charge in [-0.1, -0.05) is 40.5 Å². The Morgan fingerprint density at radius 2 is 1.60 bits per heavy atom. The van der Waals surface area contributed by atoms with E-state index in [4.69, 9.17) is 0 Å². The second-order valence-electron chi connectivity index (χ2n) is 4.27. The van der Waals surface area contributed by atoms with Crippen LogP contribution in [-0.2, 0) is 0 Å². The summed E-state index contributed by atoms with van der Waals surface area (Å²) in [6.45, 7) is 15.0. The highest BCUT2D eigenvalue weighted by Gasteiger charge is 2.02. The zero-order chi connectivity index (χ0) is 11.5. The van der Waals surface area contributed by atoms with E-state index in [0.717, 1.165) is 5.92 Å². The second-order valence-corrected chi connectivity index (χ2v) is 4.27. The molecule has 92 valence electrons. The Balaban J connectivity index is 3.30. The normalized spacial score (nSPS) is 11.6. The summed E-state index contributed by atoms with van der Waals surface area (Å²) in [4.78, 5) is 2.48. The quantitative estimate of drug-likeness (QED) is 0.563. The molecule has 2 nitrogen and oxygen atoms in total. The standard InChI is InChI=1S/C13H30N2/c1-5-13(6-2)12-14-10-9-11-15(7-3)8-4/h13-14H,5-12H2,1-4H3. The van der Waals surface area contributed by atoms with Gasteiger partial charge in [0, 0.05) is 0 Å². The Hall–Kier alpha value is -0.0800. The zero-order valence-corrected chi connectivity index (χ0v) is 11.2. The number of nitrogens with zero attached hydrogens (tertiary/aromatic N) is 1. The molecule has 0 aromatic heterocycles. The lowest BCUT2D eigenvalue weighted by Gasteiger charge is -2.18. The molecule has 0 aromatic carbocycles. The van der Waals surface area contributed by atoms with Gasteiger partial charge < -0.3 is 10.2 Å². The van der Waals surface area contributed by atoms with Crippen LogP contribution in [0.3, 0.4) is 0 Å². The molecule has 0 rings (SSSR count). The van der Waals surface area contributed by atoms with E-state index in [1.54, 1.807) is 0 Å². The minimum Gasteiger partial charge on any atom is -0.316 e. The Labute approximate surface area is 96.4 Å². The van der Waals surface area contributed by atoms with Crippen LogP contribution >= 0.6 is 0 Å². The minimum atomic E-state index is 0.874. The maximum Gasteiger partial charge on any atom is -0.000687 e. The Morgan fingerprint density at radius 1 is 1.00 bits per heavy atom. The maximum atomic E-state index is 3.56. The number of hydrogen-bond acceptors (Lipinski definition) is 2. The number of nitrogens with one attached hydrogen (secondary N) is 1. The van der Waals surface area contributed by atoms with E-state index in [9.17, 15) is 0 Å². The summed E-state index contributed by atoms with van der Waals surface area (Å²) in [5.74, 6) is 0.874. The Morgan fingerprint density at radius 3 is 2.07 bits per heavy atom. The van der Waals surface area contributed by atoms with Gasteiger partial charge in [-0.3, -0.25) is 0 Å². The van der Waals surface area contributed by atoms with Crippen LogP contribution in [0.2, 0.25) is 0 Å². The van der Waals surface area contributed by atoms with Gasteiger partial charge in [0.1, 0.15) is 0 Å². The van der Waals surface area contributed by atoms with Gasteiger partial charge in [0.2, 0.25) is 0 Å². The van der Waals surface area contributed by atoms with Gasteiger partial charge in [0.15, 0.2) is 0 Å². The summed E-state index contributed by atoms with van der Waals surface area (Å²) in [5.41, 5.74) is 0. The Bertz CT molecular complexity index is 104. The minimum absolute atomic E-state index is 0.874. The molecule has 0 aromatic rings. The largest absolute Gasteiger partial charge is 0.316 e. The van der Waals surface area contributed by atoms with Crippen molar-refractivity contribution in [1.29, 1.82) is 0 Å². The van der Waals surface area contributed by atoms with Crippen LogP contribution in [0.5, 0.6) is 0 Å². The second kappa shape index (κ2) is 10.4. The summed E-state index contributed by atoms with van der Waals surface area (Å²) >= 11 is 0. The fraction of sp³-hybridized carbons (Fsp3) is 1.00. The molecular weight excluding hydrogens is 184 g/mol. The van der Waals surface area contributed by atoms with Crippen LogP contribution in [-0.4, -0.2) is 37.6 Å². The van der Waals surface area contributed by atoms with Crippen LogP contribution in [0.25, 0.3) is 0 Å². The molecule has 0 radical (unpaired) electrons. The van der Waals surface area contributed by atoms with E-state index in [1.807, 2.05) is 0 Å². The van der Waals surface area contributed by atoms with Crippen LogP contribution in [0.15, 0.2) is 0 Å². The van der Waals surface area contributed by atoms with E-state index in [1.165, 1.54) is 52.0 Å². The first kappa shape index (κ1) is 14.9. The van der Waals surface area contributed by atoms with Crippen LogP contribution in [0.1, 0.15) is 47.0 Å². The molecule has 0 saturated carbocycles. The van der Waals surface area contributed by atoms with Gasteiger partial charge >= 0.3 is 0 Å². The predicted octanol–water partition coefficient (Wildman–Crippen LogP) is 2.74. The van der Waals surface area contributed by atoms with Crippen molar-refractivity contribution in [2.45, 2.75) is 47.0 Å². The molecule has 1 N–H and O–H groups in total. The SMILES string of the molecule is CCC(CC)CNCCCN(CC)CC. The summed E-state index contributed by atoms with van der Waals surface area (Å²) in [6.07, 6.45) is 3.89. The van der Waals surface area contributed by atoms with Crippen molar-refractivity contribution in [3.63, 3.8) is 0 Å². The van der Waals surface area contributed by atoms with Crippen molar-refractivity contribution in [3.05, 3.63) is 0 Å². The molecule has 0 aliphatic rings. The molecule has 0 heterocycles. The van der Waals surface area contributed by atoms with Gasteiger partial charge in [-0.05, 0) is 45.1 Å². The summed E-state index contributed by atoms with van der Waals surface area (Å²) in [6, 6.07) is 0. The summed E-state index contributed by atoms with van der Waals surface area (Å²) in [5, 5.41) is 3.56. The molecular formula is C13H30N2. The van der Waals surface area contributed by atoms with E-state index < -0.39 is 0 Å². The van der Waals surface area contributed by atoms with Crippen molar-refractivity contribution in [2.75, 3.05) is 32.7 Å². The molecule has 0 saturated heterocycles.